The molecule has 0 aliphatic rings. The van der Waals surface area contributed by atoms with Crippen molar-refractivity contribution in [1.29, 1.82) is 0 Å². The highest BCUT2D eigenvalue weighted by molar-refractivity contribution is 6.32. The SMILES string of the molecule is Cc1cncn2cc(-c3ccc(C[C@@H](CCO)NC(=O)c4ccc(OC(C)C)c(Cl)c4)c(Cl)c3)nc12. The number of carbonyl (C=O) groups excluding carboxylic acids is 1. The molecular formula is C27H28Cl2N4O3. The van der Waals surface area contributed by atoms with Crippen LogP contribution in [0.2, 0.25) is 10.0 Å². The zero-order valence-corrected chi connectivity index (χ0v) is 21.8. The van der Waals surface area contributed by atoms with Crippen molar-refractivity contribution in [3.63, 3.8) is 0 Å². The second kappa shape index (κ2) is 11.3. The van der Waals surface area contributed by atoms with Crippen LogP contribution in [0.5, 0.6) is 5.75 Å². The van der Waals surface area contributed by atoms with Crippen LogP contribution >= 0.6 is 23.2 Å². The Morgan fingerprint density at radius 3 is 2.64 bits per heavy atom. The second-order valence-electron chi connectivity index (χ2n) is 8.94. The van der Waals surface area contributed by atoms with Gasteiger partial charge >= 0.3 is 0 Å². The van der Waals surface area contributed by atoms with Crippen molar-refractivity contribution >= 4 is 34.8 Å². The first-order valence-corrected chi connectivity index (χ1v) is 12.5. The Labute approximate surface area is 220 Å². The predicted octanol–water partition coefficient (Wildman–Crippen LogP) is 5.52. The molecule has 2 aromatic heterocycles. The third-order valence-corrected chi connectivity index (χ3v) is 6.38. The predicted molar refractivity (Wildman–Crippen MR) is 142 cm³/mol. The Morgan fingerprint density at radius 1 is 1.17 bits per heavy atom. The maximum atomic E-state index is 12.9. The number of aromatic nitrogens is 3. The number of imidazole rings is 1. The molecule has 4 aromatic rings. The summed E-state index contributed by atoms with van der Waals surface area (Å²) in [6, 6.07) is 10.4. The van der Waals surface area contributed by atoms with Crippen LogP contribution < -0.4 is 10.1 Å². The lowest BCUT2D eigenvalue weighted by molar-refractivity contribution is 0.0930. The lowest BCUT2D eigenvalue weighted by Crippen LogP contribution is -2.37. The molecule has 2 N–H and O–H groups in total. The Balaban J connectivity index is 1.49. The summed E-state index contributed by atoms with van der Waals surface area (Å²) in [6.45, 7) is 5.71. The van der Waals surface area contributed by atoms with Crippen molar-refractivity contribution in [2.24, 2.45) is 0 Å². The Bertz CT molecular complexity index is 1390. The minimum atomic E-state index is -0.319. The number of benzene rings is 2. The Hall–Kier alpha value is -3.13. The molecule has 36 heavy (non-hydrogen) atoms. The third-order valence-electron chi connectivity index (χ3n) is 5.73. The van der Waals surface area contributed by atoms with Crippen molar-refractivity contribution in [3.05, 3.63) is 81.9 Å². The number of ether oxygens (including phenoxy) is 1. The number of aryl methyl sites for hydroxylation is 1. The molecule has 7 nitrogen and oxygen atoms in total. The summed E-state index contributed by atoms with van der Waals surface area (Å²) in [6.07, 6.45) is 6.22. The minimum absolute atomic E-state index is 0.0268. The second-order valence-corrected chi connectivity index (χ2v) is 9.75. The number of hydrogen-bond acceptors (Lipinski definition) is 5. The zero-order chi connectivity index (χ0) is 25.8. The highest BCUT2D eigenvalue weighted by Gasteiger charge is 2.18. The van der Waals surface area contributed by atoms with Gasteiger partial charge in [0, 0.05) is 46.8 Å². The Kier molecular flexibility index (Phi) is 8.14. The number of halogens is 2. The molecule has 0 bridgehead atoms. The van der Waals surface area contributed by atoms with Crippen LogP contribution in [0, 0.1) is 6.92 Å². The van der Waals surface area contributed by atoms with Crippen LogP contribution in [0.25, 0.3) is 16.9 Å². The van der Waals surface area contributed by atoms with Gasteiger partial charge in [-0.05, 0) is 63.4 Å². The van der Waals surface area contributed by atoms with Gasteiger partial charge in [0.2, 0.25) is 0 Å². The van der Waals surface area contributed by atoms with E-state index >= 15 is 0 Å². The number of nitrogens with one attached hydrogen (secondary N) is 1. The van der Waals surface area contributed by atoms with E-state index in [0.29, 0.717) is 34.2 Å². The minimum Gasteiger partial charge on any atom is -0.489 e. The van der Waals surface area contributed by atoms with E-state index in [1.54, 1.807) is 30.7 Å². The van der Waals surface area contributed by atoms with E-state index in [2.05, 4.69) is 10.3 Å². The fourth-order valence-electron chi connectivity index (χ4n) is 3.97. The molecule has 0 unspecified atom stereocenters. The topological polar surface area (TPSA) is 88.8 Å². The number of hydrogen-bond donors (Lipinski definition) is 2. The van der Waals surface area contributed by atoms with Crippen molar-refractivity contribution in [3.8, 4) is 17.0 Å². The standard InChI is InChI=1S/C27H28Cl2N4O3/c1-16(2)36-25-7-6-20(12-23(25)29)27(35)31-21(8-9-34)10-18-4-5-19(11-22(18)28)24-14-33-15-30-13-17(3)26(33)32-24/h4-7,11-16,21,34H,8-10H2,1-3H3,(H,31,35)/t21-/m1/s1. The summed E-state index contributed by atoms with van der Waals surface area (Å²) in [5.74, 6) is 0.242. The summed E-state index contributed by atoms with van der Waals surface area (Å²) in [5.41, 5.74) is 4.78. The Morgan fingerprint density at radius 2 is 1.97 bits per heavy atom. The molecule has 0 saturated carbocycles. The molecule has 1 atom stereocenters. The van der Waals surface area contributed by atoms with Crippen LogP contribution in [-0.2, 0) is 6.42 Å². The van der Waals surface area contributed by atoms with Gasteiger partial charge in [-0.3, -0.25) is 9.20 Å². The molecule has 2 heterocycles. The van der Waals surface area contributed by atoms with Crippen LogP contribution in [0.1, 0.15) is 41.8 Å². The van der Waals surface area contributed by atoms with Crippen LogP contribution in [0.4, 0.5) is 0 Å². The number of fused-ring (bicyclic) bond motifs is 1. The van der Waals surface area contributed by atoms with Crippen LogP contribution in [0.3, 0.4) is 0 Å². The fourth-order valence-corrected chi connectivity index (χ4v) is 4.45. The van der Waals surface area contributed by atoms with Gasteiger partial charge < -0.3 is 15.2 Å². The third kappa shape index (κ3) is 5.98. The average Bonchev–Trinajstić information content (AvgIpc) is 3.27. The van der Waals surface area contributed by atoms with E-state index in [9.17, 15) is 9.90 Å². The van der Waals surface area contributed by atoms with Gasteiger partial charge in [0.1, 0.15) is 17.7 Å². The van der Waals surface area contributed by atoms with Crippen molar-refractivity contribution in [2.45, 2.75) is 45.8 Å². The summed E-state index contributed by atoms with van der Waals surface area (Å²) in [7, 11) is 0. The molecule has 1 amide bonds. The quantitative estimate of drug-likeness (QED) is 0.299. The van der Waals surface area contributed by atoms with Gasteiger partial charge in [-0.1, -0.05) is 35.3 Å². The van der Waals surface area contributed by atoms with E-state index in [4.69, 9.17) is 32.9 Å². The first-order valence-electron chi connectivity index (χ1n) is 11.7. The van der Waals surface area contributed by atoms with E-state index in [-0.39, 0.29) is 24.7 Å². The molecule has 0 aliphatic heterocycles. The molecule has 0 aliphatic carbocycles. The highest BCUT2D eigenvalue weighted by atomic mass is 35.5. The first kappa shape index (κ1) is 25.9. The number of amides is 1. The van der Waals surface area contributed by atoms with Crippen molar-refractivity contribution in [2.75, 3.05) is 6.61 Å². The van der Waals surface area contributed by atoms with Gasteiger partial charge in [-0.25, -0.2) is 9.97 Å². The summed E-state index contributed by atoms with van der Waals surface area (Å²) >= 11 is 12.9. The van der Waals surface area contributed by atoms with Gasteiger partial charge in [0.25, 0.3) is 5.91 Å². The molecule has 0 radical (unpaired) electrons. The average molecular weight is 527 g/mol. The normalized spacial score (nSPS) is 12.2. The molecule has 2 aromatic carbocycles. The number of aliphatic hydroxyl groups excluding tert-OH is 1. The lowest BCUT2D eigenvalue weighted by Gasteiger charge is -2.19. The maximum Gasteiger partial charge on any atom is 0.251 e. The summed E-state index contributed by atoms with van der Waals surface area (Å²) in [4.78, 5) is 21.8. The maximum absolute atomic E-state index is 12.9. The van der Waals surface area contributed by atoms with Crippen LogP contribution in [0.15, 0.2) is 55.1 Å². The molecule has 0 saturated heterocycles. The molecule has 4 rings (SSSR count). The van der Waals surface area contributed by atoms with Crippen LogP contribution in [-0.4, -0.2) is 44.1 Å². The molecular weight excluding hydrogens is 499 g/mol. The molecule has 188 valence electrons. The van der Waals surface area contributed by atoms with Gasteiger partial charge in [-0.2, -0.15) is 0 Å². The van der Waals surface area contributed by atoms with Crippen molar-refractivity contribution in [1.82, 2.24) is 19.7 Å². The molecule has 0 fully saturated rings. The fraction of sp³-hybridized carbons (Fsp3) is 0.296. The highest BCUT2D eigenvalue weighted by Crippen LogP contribution is 2.28. The summed E-state index contributed by atoms with van der Waals surface area (Å²) < 4.78 is 7.52. The number of aliphatic hydroxyl groups is 1. The lowest BCUT2D eigenvalue weighted by atomic mass is 10.0. The van der Waals surface area contributed by atoms with E-state index in [1.165, 1.54) is 0 Å². The van der Waals surface area contributed by atoms with E-state index < -0.39 is 0 Å². The van der Waals surface area contributed by atoms with Crippen molar-refractivity contribution < 1.29 is 14.6 Å². The largest absolute Gasteiger partial charge is 0.489 e. The molecule has 0 spiro atoms. The van der Waals surface area contributed by atoms with Gasteiger partial charge in [0.15, 0.2) is 0 Å². The van der Waals surface area contributed by atoms with Gasteiger partial charge in [0.05, 0.1) is 16.8 Å². The van der Waals surface area contributed by atoms with E-state index in [0.717, 1.165) is 28.0 Å². The van der Waals surface area contributed by atoms with E-state index in [1.807, 2.05) is 49.6 Å². The molecule has 9 heteroatoms. The van der Waals surface area contributed by atoms with Gasteiger partial charge in [-0.15, -0.1) is 0 Å². The zero-order valence-electron chi connectivity index (χ0n) is 20.3. The summed E-state index contributed by atoms with van der Waals surface area (Å²) in [5, 5.41) is 13.5. The number of nitrogens with zero attached hydrogens (tertiary/aromatic N) is 3. The monoisotopic (exact) mass is 526 g/mol. The first-order chi connectivity index (χ1) is 17.2. The number of carbonyl (C=O) groups is 1. The smallest absolute Gasteiger partial charge is 0.251 e. The number of rotatable bonds is 9.